The molecule has 1 amide bonds. The Morgan fingerprint density at radius 3 is 2.94 bits per heavy atom. The lowest BCUT2D eigenvalue weighted by Crippen LogP contribution is -2.56. The smallest absolute Gasteiger partial charge is 0.245 e. The van der Waals surface area contributed by atoms with Crippen LogP contribution in [0.4, 0.5) is 0 Å². The summed E-state index contributed by atoms with van der Waals surface area (Å²) >= 11 is 0. The Balaban J connectivity index is 1.75. The maximum Gasteiger partial charge on any atom is 0.245 e. The molecule has 1 aliphatic carbocycles. The minimum atomic E-state index is -0.838. The zero-order chi connectivity index (χ0) is 12.6. The number of carbonyl (C=O) groups excluding carboxylic acids is 1. The number of amides is 1. The highest BCUT2D eigenvalue weighted by atomic mass is 16.5. The van der Waals surface area contributed by atoms with Gasteiger partial charge in [-0.05, 0) is 31.4 Å². The third-order valence-electron chi connectivity index (χ3n) is 3.63. The lowest BCUT2D eigenvalue weighted by Gasteiger charge is -2.30. The van der Waals surface area contributed by atoms with E-state index in [2.05, 4.69) is 0 Å². The second kappa shape index (κ2) is 4.40. The predicted octanol–water partition coefficient (Wildman–Crippen LogP) is 0.888. The van der Waals surface area contributed by atoms with Crippen LogP contribution in [-0.4, -0.2) is 35.6 Å². The van der Waals surface area contributed by atoms with Gasteiger partial charge in [0.25, 0.3) is 0 Å². The van der Waals surface area contributed by atoms with Crippen molar-refractivity contribution >= 4 is 5.91 Å². The average molecular weight is 250 g/mol. The molecule has 1 saturated carbocycles. The maximum absolute atomic E-state index is 12.6. The van der Waals surface area contributed by atoms with E-state index in [0.29, 0.717) is 32.2 Å². The molecular weight excluding hydrogens is 232 g/mol. The number of nitrogens with two attached hydrogens (primary N) is 1. The summed E-state index contributed by atoms with van der Waals surface area (Å²) in [6.07, 6.45) is 4.35. The molecule has 2 N–H and O–H groups in total. The quantitative estimate of drug-likeness (QED) is 0.861. The van der Waals surface area contributed by atoms with Crippen molar-refractivity contribution in [2.45, 2.75) is 37.4 Å². The van der Waals surface area contributed by atoms with Gasteiger partial charge in [-0.2, -0.15) is 0 Å². The first kappa shape index (κ1) is 11.7. The van der Waals surface area contributed by atoms with Crippen LogP contribution in [0.5, 0.6) is 0 Å². The molecule has 1 aromatic heterocycles. The number of carbonyl (C=O) groups is 1. The topological polar surface area (TPSA) is 68.7 Å². The molecule has 0 spiro atoms. The number of hydrogen-bond donors (Lipinski definition) is 1. The molecule has 0 bridgehead atoms. The Morgan fingerprint density at radius 1 is 1.56 bits per heavy atom. The highest BCUT2D eigenvalue weighted by Crippen LogP contribution is 2.31. The van der Waals surface area contributed by atoms with Crippen molar-refractivity contribution < 1.29 is 13.9 Å². The van der Waals surface area contributed by atoms with Gasteiger partial charge in [0.15, 0.2) is 0 Å². The van der Waals surface area contributed by atoms with Crippen LogP contribution >= 0.6 is 0 Å². The third kappa shape index (κ3) is 2.15. The van der Waals surface area contributed by atoms with E-state index < -0.39 is 5.54 Å². The average Bonchev–Trinajstić information content (AvgIpc) is 2.89. The summed E-state index contributed by atoms with van der Waals surface area (Å²) in [6.45, 7) is 1.41. The minimum Gasteiger partial charge on any atom is -0.467 e. The monoisotopic (exact) mass is 250 g/mol. The summed E-state index contributed by atoms with van der Waals surface area (Å²) in [7, 11) is 0. The van der Waals surface area contributed by atoms with Gasteiger partial charge in [0.2, 0.25) is 5.91 Å². The molecule has 1 saturated heterocycles. The first-order valence-electron chi connectivity index (χ1n) is 6.39. The molecule has 0 radical (unpaired) electrons. The van der Waals surface area contributed by atoms with Crippen LogP contribution < -0.4 is 5.73 Å². The van der Waals surface area contributed by atoms with Crippen LogP contribution in [0, 0.1) is 0 Å². The van der Waals surface area contributed by atoms with E-state index in [1.165, 1.54) is 0 Å². The van der Waals surface area contributed by atoms with E-state index in [1.807, 2.05) is 17.0 Å². The van der Waals surface area contributed by atoms with Crippen molar-refractivity contribution in [3.05, 3.63) is 24.2 Å². The van der Waals surface area contributed by atoms with Crippen molar-refractivity contribution in [2.24, 2.45) is 5.73 Å². The molecule has 2 aliphatic rings. The van der Waals surface area contributed by atoms with Crippen LogP contribution in [0.3, 0.4) is 0 Å². The second-order valence-electron chi connectivity index (χ2n) is 5.20. The van der Waals surface area contributed by atoms with Crippen molar-refractivity contribution in [3.63, 3.8) is 0 Å². The van der Waals surface area contributed by atoms with Crippen LogP contribution in [0.25, 0.3) is 0 Å². The van der Waals surface area contributed by atoms with E-state index in [0.717, 1.165) is 18.6 Å². The van der Waals surface area contributed by atoms with Gasteiger partial charge in [-0.1, -0.05) is 0 Å². The lowest BCUT2D eigenvalue weighted by molar-refractivity contribution is -0.138. The van der Waals surface area contributed by atoms with Gasteiger partial charge in [-0.25, -0.2) is 0 Å². The Hall–Kier alpha value is -1.33. The van der Waals surface area contributed by atoms with Gasteiger partial charge >= 0.3 is 0 Å². The number of rotatable bonds is 4. The summed E-state index contributed by atoms with van der Waals surface area (Å²) in [5.74, 6) is 0.802. The number of nitrogens with zero attached hydrogens (tertiary/aromatic N) is 1. The minimum absolute atomic E-state index is 0.00102. The van der Waals surface area contributed by atoms with E-state index in [1.54, 1.807) is 6.26 Å². The fourth-order valence-corrected chi connectivity index (χ4v) is 2.36. The molecule has 1 atom stereocenters. The number of furan rings is 1. The van der Waals surface area contributed by atoms with Crippen LogP contribution in [0.2, 0.25) is 0 Å². The van der Waals surface area contributed by atoms with E-state index in [9.17, 15) is 4.79 Å². The Kier molecular flexibility index (Phi) is 2.87. The Bertz CT molecular complexity index is 419. The highest BCUT2D eigenvalue weighted by molar-refractivity contribution is 5.87. The molecule has 1 aromatic rings. The summed E-state index contributed by atoms with van der Waals surface area (Å²) in [4.78, 5) is 14.4. The van der Waals surface area contributed by atoms with Crippen molar-refractivity contribution in [1.82, 2.24) is 4.90 Å². The van der Waals surface area contributed by atoms with Crippen LogP contribution in [0.1, 0.15) is 25.0 Å². The molecule has 2 fully saturated rings. The lowest BCUT2D eigenvalue weighted by atomic mass is 9.98. The molecule has 2 heterocycles. The molecule has 98 valence electrons. The van der Waals surface area contributed by atoms with Gasteiger partial charge in [-0.15, -0.1) is 0 Å². The fraction of sp³-hybridized carbons (Fsp3) is 0.615. The van der Waals surface area contributed by atoms with Crippen molar-refractivity contribution in [2.75, 3.05) is 13.2 Å². The first-order valence-corrected chi connectivity index (χ1v) is 6.39. The molecule has 3 rings (SSSR count). The molecular formula is C13H18N2O3. The largest absolute Gasteiger partial charge is 0.467 e. The number of hydrogen-bond acceptors (Lipinski definition) is 4. The molecule has 1 unspecified atom stereocenters. The standard InChI is InChI=1S/C13H18N2O3/c14-13(5-7-17-9-13)12(16)15(10-3-4-10)8-11-2-1-6-18-11/h1-2,6,10H,3-5,7-9,14H2. The van der Waals surface area contributed by atoms with Crippen molar-refractivity contribution in [3.8, 4) is 0 Å². The van der Waals surface area contributed by atoms with E-state index in [-0.39, 0.29) is 5.91 Å². The summed E-state index contributed by atoms with van der Waals surface area (Å²) < 4.78 is 10.6. The van der Waals surface area contributed by atoms with E-state index >= 15 is 0 Å². The van der Waals surface area contributed by atoms with Gasteiger partial charge in [0.1, 0.15) is 11.3 Å². The second-order valence-corrected chi connectivity index (χ2v) is 5.20. The van der Waals surface area contributed by atoms with Gasteiger partial charge in [-0.3, -0.25) is 4.79 Å². The van der Waals surface area contributed by atoms with Gasteiger partial charge in [0.05, 0.1) is 19.4 Å². The summed E-state index contributed by atoms with van der Waals surface area (Å²) in [6, 6.07) is 4.04. The SMILES string of the molecule is NC1(C(=O)N(Cc2ccco2)C2CC2)CCOC1. The molecule has 1 aliphatic heterocycles. The van der Waals surface area contributed by atoms with E-state index in [4.69, 9.17) is 14.9 Å². The normalized spacial score (nSPS) is 27.4. The zero-order valence-electron chi connectivity index (χ0n) is 10.3. The first-order chi connectivity index (χ1) is 8.69. The zero-order valence-corrected chi connectivity index (χ0v) is 10.3. The molecule has 5 heteroatoms. The number of ether oxygens (including phenoxy) is 1. The van der Waals surface area contributed by atoms with Crippen LogP contribution in [-0.2, 0) is 16.1 Å². The Morgan fingerprint density at radius 2 is 2.39 bits per heavy atom. The molecule has 18 heavy (non-hydrogen) atoms. The fourth-order valence-electron chi connectivity index (χ4n) is 2.36. The Labute approximate surface area is 106 Å². The summed E-state index contributed by atoms with van der Waals surface area (Å²) in [5.41, 5.74) is 5.31. The predicted molar refractivity (Wildman–Crippen MR) is 64.6 cm³/mol. The van der Waals surface area contributed by atoms with Crippen LogP contribution in [0.15, 0.2) is 22.8 Å². The van der Waals surface area contributed by atoms with Gasteiger partial charge in [0, 0.05) is 12.6 Å². The molecule has 0 aromatic carbocycles. The highest BCUT2D eigenvalue weighted by Gasteiger charge is 2.45. The van der Waals surface area contributed by atoms with Gasteiger partial charge < -0.3 is 19.8 Å². The maximum atomic E-state index is 12.6. The summed E-state index contributed by atoms with van der Waals surface area (Å²) in [5, 5.41) is 0. The molecule has 5 nitrogen and oxygen atoms in total. The third-order valence-corrected chi connectivity index (χ3v) is 3.63. The van der Waals surface area contributed by atoms with Crippen molar-refractivity contribution in [1.29, 1.82) is 0 Å².